The lowest BCUT2D eigenvalue weighted by Crippen LogP contribution is -1.86. The first-order chi connectivity index (χ1) is 13.8. The number of unbranched alkanes of at least 4 members (excludes halogenated alkanes) is 2. The zero-order valence-corrected chi connectivity index (χ0v) is 16.7. The second kappa shape index (κ2) is 10.3. The van der Waals surface area contributed by atoms with E-state index in [1.807, 2.05) is 6.08 Å². The van der Waals surface area contributed by atoms with Crippen molar-refractivity contribution in [2.45, 2.75) is 39.0 Å². The summed E-state index contributed by atoms with van der Waals surface area (Å²) < 4.78 is 0. The highest BCUT2D eigenvalue weighted by atomic mass is 14.0. The Morgan fingerprint density at radius 2 is 1.18 bits per heavy atom. The van der Waals surface area contributed by atoms with E-state index in [9.17, 15) is 0 Å². The van der Waals surface area contributed by atoms with Gasteiger partial charge < -0.3 is 0 Å². The summed E-state index contributed by atoms with van der Waals surface area (Å²) in [5.41, 5.74) is 7.34. The van der Waals surface area contributed by atoms with Crippen LogP contribution in [0.2, 0.25) is 0 Å². The normalized spacial score (nSPS) is 10.2. The molecule has 28 heavy (non-hydrogen) atoms. The third-order valence-corrected chi connectivity index (χ3v) is 5.01. The van der Waals surface area contributed by atoms with Gasteiger partial charge in [0.15, 0.2) is 0 Å². The molecule has 3 aromatic rings. The molecule has 0 saturated heterocycles. The minimum atomic E-state index is 1.04. The van der Waals surface area contributed by atoms with Crippen LogP contribution in [0, 0.1) is 11.8 Å². The van der Waals surface area contributed by atoms with Crippen LogP contribution in [0.25, 0.3) is 11.1 Å². The van der Waals surface area contributed by atoms with Gasteiger partial charge in [0.25, 0.3) is 0 Å². The van der Waals surface area contributed by atoms with Crippen molar-refractivity contribution in [1.29, 1.82) is 0 Å². The number of allylic oxidation sites excluding steroid dienone is 1. The highest BCUT2D eigenvalue weighted by Crippen LogP contribution is 2.20. The largest absolute Gasteiger partial charge is 0.103 e. The molecular formula is C28H28. The molecule has 0 amide bonds. The smallest absolute Gasteiger partial charge is 0.0249 e. The topological polar surface area (TPSA) is 0 Å². The summed E-state index contributed by atoms with van der Waals surface area (Å²) in [5, 5.41) is 0. The Morgan fingerprint density at radius 3 is 1.71 bits per heavy atom. The standard InChI is InChI=1S/C28H28/c1-3-5-6-7-8-24-9-11-25(12-10-24)13-14-26-17-21-28(22-18-26)27-19-15-23(4-2)16-20-27/h3,9-12,15-22H,1,4-8H2,2H3. The Bertz CT molecular complexity index is 930. The number of rotatable bonds is 7. The summed E-state index contributed by atoms with van der Waals surface area (Å²) in [4.78, 5) is 0. The monoisotopic (exact) mass is 364 g/mol. The van der Waals surface area contributed by atoms with E-state index in [4.69, 9.17) is 0 Å². The lowest BCUT2D eigenvalue weighted by Gasteiger charge is -2.03. The number of benzene rings is 3. The predicted molar refractivity (Wildman–Crippen MR) is 121 cm³/mol. The molecule has 0 aromatic heterocycles. The fourth-order valence-corrected chi connectivity index (χ4v) is 3.20. The van der Waals surface area contributed by atoms with Crippen molar-refractivity contribution in [3.05, 3.63) is 108 Å². The molecule has 0 aliphatic rings. The lowest BCUT2D eigenvalue weighted by molar-refractivity contribution is 0.748. The Labute approximate surface area is 170 Å². The van der Waals surface area contributed by atoms with Crippen LogP contribution in [0.5, 0.6) is 0 Å². The second-order valence-corrected chi connectivity index (χ2v) is 7.11. The van der Waals surface area contributed by atoms with Gasteiger partial charge in [-0.2, -0.15) is 0 Å². The molecule has 0 spiro atoms. The van der Waals surface area contributed by atoms with E-state index in [0.29, 0.717) is 0 Å². The van der Waals surface area contributed by atoms with Crippen LogP contribution < -0.4 is 0 Å². The Kier molecular flexibility index (Phi) is 7.28. The zero-order valence-electron chi connectivity index (χ0n) is 16.7. The molecule has 140 valence electrons. The SMILES string of the molecule is C=CCCCCc1ccc(C#Cc2ccc(-c3ccc(CC)cc3)cc2)cc1. The van der Waals surface area contributed by atoms with Crippen molar-refractivity contribution in [1.82, 2.24) is 0 Å². The van der Waals surface area contributed by atoms with E-state index in [2.05, 4.69) is 98.1 Å². The van der Waals surface area contributed by atoms with Crippen molar-refractivity contribution in [2.75, 3.05) is 0 Å². The second-order valence-electron chi connectivity index (χ2n) is 7.11. The Morgan fingerprint density at radius 1 is 0.679 bits per heavy atom. The molecule has 0 nitrogen and oxygen atoms in total. The van der Waals surface area contributed by atoms with Crippen molar-refractivity contribution in [3.8, 4) is 23.0 Å². The molecule has 0 aliphatic heterocycles. The summed E-state index contributed by atoms with van der Waals surface area (Å²) in [6, 6.07) is 25.9. The summed E-state index contributed by atoms with van der Waals surface area (Å²) in [7, 11) is 0. The quantitative estimate of drug-likeness (QED) is 0.236. The van der Waals surface area contributed by atoms with Gasteiger partial charge in [0.05, 0.1) is 0 Å². The van der Waals surface area contributed by atoms with Crippen molar-refractivity contribution < 1.29 is 0 Å². The van der Waals surface area contributed by atoms with Crippen LogP contribution in [-0.2, 0) is 12.8 Å². The molecular weight excluding hydrogens is 336 g/mol. The van der Waals surface area contributed by atoms with E-state index < -0.39 is 0 Å². The maximum Gasteiger partial charge on any atom is 0.0249 e. The van der Waals surface area contributed by atoms with Crippen molar-refractivity contribution in [3.63, 3.8) is 0 Å². The molecule has 0 bridgehead atoms. The van der Waals surface area contributed by atoms with Gasteiger partial charge >= 0.3 is 0 Å². The van der Waals surface area contributed by atoms with Gasteiger partial charge in [-0.3, -0.25) is 0 Å². The molecule has 0 fully saturated rings. The van der Waals surface area contributed by atoms with Gasteiger partial charge in [0.2, 0.25) is 0 Å². The number of hydrogen-bond acceptors (Lipinski definition) is 0. The van der Waals surface area contributed by atoms with E-state index in [0.717, 1.165) is 30.4 Å². The van der Waals surface area contributed by atoms with E-state index in [-0.39, 0.29) is 0 Å². The fourth-order valence-electron chi connectivity index (χ4n) is 3.20. The van der Waals surface area contributed by atoms with Crippen LogP contribution in [0.1, 0.15) is 48.4 Å². The first kappa shape index (κ1) is 19.7. The molecule has 3 rings (SSSR count). The van der Waals surface area contributed by atoms with E-state index >= 15 is 0 Å². The van der Waals surface area contributed by atoms with Crippen molar-refractivity contribution in [2.24, 2.45) is 0 Å². The first-order valence-electron chi connectivity index (χ1n) is 10.2. The van der Waals surface area contributed by atoms with Gasteiger partial charge in [-0.15, -0.1) is 6.58 Å². The third kappa shape index (κ3) is 5.73. The zero-order chi connectivity index (χ0) is 19.6. The molecule has 0 heteroatoms. The average Bonchev–Trinajstić information content (AvgIpc) is 2.76. The van der Waals surface area contributed by atoms with Gasteiger partial charge in [-0.1, -0.05) is 73.4 Å². The van der Waals surface area contributed by atoms with Gasteiger partial charge in [0.1, 0.15) is 0 Å². The van der Waals surface area contributed by atoms with Crippen LogP contribution in [0.15, 0.2) is 85.5 Å². The van der Waals surface area contributed by atoms with Gasteiger partial charge in [-0.25, -0.2) is 0 Å². The Balaban J connectivity index is 1.61. The molecule has 0 atom stereocenters. The summed E-state index contributed by atoms with van der Waals surface area (Å²) in [5.74, 6) is 6.55. The molecule has 0 heterocycles. The molecule has 0 saturated carbocycles. The van der Waals surface area contributed by atoms with Crippen LogP contribution in [0.4, 0.5) is 0 Å². The summed E-state index contributed by atoms with van der Waals surface area (Å²) >= 11 is 0. The third-order valence-electron chi connectivity index (χ3n) is 5.01. The molecule has 3 aromatic carbocycles. The molecule has 0 radical (unpaired) electrons. The minimum absolute atomic E-state index is 1.04. The van der Waals surface area contributed by atoms with E-state index in [1.54, 1.807) is 0 Å². The predicted octanol–water partition coefficient (Wildman–Crippen LogP) is 7.21. The van der Waals surface area contributed by atoms with Crippen molar-refractivity contribution >= 4 is 0 Å². The minimum Gasteiger partial charge on any atom is -0.103 e. The number of aryl methyl sites for hydroxylation is 2. The fraction of sp³-hybridized carbons (Fsp3) is 0.214. The summed E-state index contributed by atoms with van der Waals surface area (Å²) in [6.07, 6.45) is 7.72. The molecule has 0 N–H and O–H groups in total. The van der Waals surface area contributed by atoms with Crippen LogP contribution >= 0.6 is 0 Å². The molecule has 0 unspecified atom stereocenters. The number of hydrogen-bond donors (Lipinski definition) is 0. The van der Waals surface area contributed by atoms with E-state index in [1.165, 1.54) is 35.1 Å². The van der Waals surface area contributed by atoms with Gasteiger partial charge in [0, 0.05) is 11.1 Å². The maximum atomic E-state index is 3.77. The van der Waals surface area contributed by atoms with Crippen LogP contribution in [-0.4, -0.2) is 0 Å². The average molecular weight is 365 g/mol. The maximum absolute atomic E-state index is 3.77. The highest BCUT2D eigenvalue weighted by molar-refractivity contribution is 5.64. The first-order valence-corrected chi connectivity index (χ1v) is 10.2. The summed E-state index contributed by atoms with van der Waals surface area (Å²) in [6.45, 7) is 5.95. The van der Waals surface area contributed by atoms with Gasteiger partial charge in [-0.05, 0) is 78.6 Å². The van der Waals surface area contributed by atoms with Crippen LogP contribution in [0.3, 0.4) is 0 Å². The molecule has 0 aliphatic carbocycles. The lowest BCUT2D eigenvalue weighted by atomic mass is 10.0. The Hall–Kier alpha value is -3.04. The highest BCUT2D eigenvalue weighted by Gasteiger charge is 1.98.